The van der Waals surface area contributed by atoms with Crippen LogP contribution in [0.15, 0.2) is 84.3 Å². The predicted molar refractivity (Wildman–Crippen MR) is 133 cm³/mol. The molecule has 35 heavy (non-hydrogen) atoms. The fourth-order valence-electron chi connectivity index (χ4n) is 3.25. The summed E-state index contributed by atoms with van der Waals surface area (Å²) < 4.78 is 7.13. The van der Waals surface area contributed by atoms with E-state index in [4.69, 9.17) is 4.74 Å². The van der Waals surface area contributed by atoms with Gasteiger partial charge in [-0.05, 0) is 48.9 Å². The van der Waals surface area contributed by atoms with Crippen LogP contribution in [-0.2, 0) is 11.3 Å². The number of methoxy groups -OCH3 is 1. The Labute approximate surface area is 206 Å². The molecule has 0 aliphatic rings. The van der Waals surface area contributed by atoms with Crippen molar-refractivity contribution >= 4 is 23.7 Å². The van der Waals surface area contributed by atoms with Gasteiger partial charge in [0.2, 0.25) is 5.91 Å². The molecule has 0 spiro atoms. The zero-order valence-electron chi connectivity index (χ0n) is 19.2. The number of nitrogens with one attached hydrogen (secondary N) is 2. The standard InChI is InChI=1S/C25H24N6O3S/c1-17(23(32)28-24(33)27-16-18-6-4-3-5-7-18)35-25-30-29-22(19-12-14-26-15-13-19)31(25)20-8-10-21(34-2)11-9-20/h3-15,17H,16H2,1-2H3,(H2,27,28,32,33). The molecule has 2 aromatic heterocycles. The van der Waals surface area contributed by atoms with Gasteiger partial charge in [-0.1, -0.05) is 42.1 Å². The van der Waals surface area contributed by atoms with Crippen molar-refractivity contribution in [2.75, 3.05) is 7.11 Å². The summed E-state index contributed by atoms with van der Waals surface area (Å²) in [5.41, 5.74) is 2.57. The Morgan fingerprint density at radius 3 is 2.40 bits per heavy atom. The molecule has 10 heteroatoms. The van der Waals surface area contributed by atoms with Crippen LogP contribution in [0, 0.1) is 0 Å². The number of aromatic nitrogens is 4. The van der Waals surface area contributed by atoms with Crippen LogP contribution in [0.4, 0.5) is 4.79 Å². The molecule has 0 aliphatic heterocycles. The predicted octanol–water partition coefficient (Wildman–Crippen LogP) is 3.84. The van der Waals surface area contributed by atoms with E-state index in [9.17, 15) is 9.59 Å². The van der Waals surface area contributed by atoms with Crippen LogP contribution in [0.3, 0.4) is 0 Å². The average Bonchev–Trinajstić information content (AvgIpc) is 3.32. The number of benzene rings is 2. The van der Waals surface area contributed by atoms with Crippen molar-refractivity contribution in [3.63, 3.8) is 0 Å². The monoisotopic (exact) mass is 488 g/mol. The maximum absolute atomic E-state index is 12.7. The van der Waals surface area contributed by atoms with Gasteiger partial charge in [0, 0.05) is 30.2 Å². The largest absolute Gasteiger partial charge is 0.497 e. The van der Waals surface area contributed by atoms with E-state index >= 15 is 0 Å². The van der Waals surface area contributed by atoms with Crippen molar-refractivity contribution in [2.45, 2.75) is 23.9 Å². The fourth-order valence-corrected chi connectivity index (χ4v) is 4.11. The number of carbonyl (C=O) groups is 2. The normalized spacial score (nSPS) is 11.5. The first-order chi connectivity index (χ1) is 17.0. The number of carbonyl (C=O) groups excluding carboxylic acids is 2. The molecule has 0 fully saturated rings. The van der Waals surface area contributed by atoms with E-state index in [1.807, 2.05) is 71.3 Å². The Kier molecular flexibility index (Phi) is 7.74. The Morgan fingerprint density at radius 2 is 1.71 bits per heavy atom. The van der Waals surface area contributed by atoms with E-state index in [0.717, 1.165) is 22.6 Å². The van der Waals surface area contributed by atoms with Gasteiger partial charge >= 0.3 is 6.03 Å². The molecule has 0 saturated heterocycles. The topological polar surface area (TPSA) is 111 Å². The fraction of sp³-hybridized carbons (Fsp3) is 0.160. The second-order valence-electron chi connectivity index (χ2n) is 7.49. The number of urea groups is 1. The van der Waals surface area contributed by atoms with Gasteiger partial charge in [-0.25, -0.2) is 4.79 Å². The number of pyridine rings is 1. The molecule has 2 heterocycles. The van der Waals surface area contributed by atoms with Crippen molar-refractivity contribution in [1.29, 1.82) is 0 Å². The summed E-state index contributed by atoms with van der Waals surface area (Å²) in [5.74, 6) is 0.888. The number of hydrogen-bond donors (Lipinski definition) is 2. The molecule has 0 saturated carbocycles. The van der Waals surface area contributed by atoms with Crippen LogP contribution < -0.4 is 15.4 Å². The van der Waals surface area contributed by atoms with Crippen molar-refractivity contribution < 1.29 is 14.3 Å². The molecule has 0 bridgehead atoms. The van der Waals surface area contributed by atoms with Gasteiger partial charge in [0.15, 0.2) is 11.0 Å². The maximum Gasteiger partial charge on any atom is 0.321 e. The van der Waals surface area contributed by atoms with E-state index in [1.165, 1.54) is 11.8 Å². The molecule has 3 amide bonds. The van der Waals surface area contributed by atoms with Crippen LogP contribution in [0.1, 0.15) is 12.5 Å². The first kappa shape index (κ1) is 24.0. The van der Waals surface area contributed by atoms with Gasteiger partial charge in [0.05, 0.1) is 12.4 Å². The molecule has 178 valence electrons. The highest BCUT2D eigenvalue weighted by Gasteiger charge is 2.23. The molecule has 2 N–H and O–H groups in total. The second kappa shape index (κ2) is 11.3. The highest BCUT2D eigenvalue weighted by molar-refractivity contribution is 8.00. The Hall–Kier alpha value is -4.18. The highest BCUT2D eigenvalue weighted by atomic mass is 32.2. The number of rotatable bonds is 8. The molecule has 1 unspecified atom stereocenters. The lowest BCUT2D eigenvalue weighted by Gasteiger charge is -2.14. The van der Waals surface area contributed by atoms with Crippen molar-refractivity contribution in [3.8, 4) is 22.8 Å². The summed E-state index contributed by atoms with van der Waals surface area (Å²) in [6.45, 7) is 2.03. The van der Waals surface area contributed by atoms with Gasteiger partial charge in [-0.3, -0.25) is 19.7 Å². The lowest BCUT2D eigenvalue weighted by atomic mass is 10.2. The van der Waals surface area contributed by atoms with E-state index in [2.05, 4.69) is 25.8 Å². The first-order valence-corrected chi connectivity index (χ1v) is 11.7. The Balaban J connectivity index is 1.50. The average molecular weight is 489 g/mol. The molecule has 4 aromatic rings. The SMILES string of the molecule is COc1ccc(-n2c(SC(C)C(=O)NC(=O)NCc3ccccc3)nnc2-c2ccncc2)cc1. The first-order valence-electron chi connectivity index (χ1n) is 10.8. The minimum absolute atomic E-state index is 0.322. The molecule has 0 radical (unpaired) electrons. The summed E-state index contributed by atoms with van der Waals surface area (Å²) in [5, 5.41) is 13.7. The quantitative estimate of drug-likeness (QED) is 0.363. The number of nitrogens with zero attached hydrogens (tertiary/aromatic N) is 4. The van der Waals surface area contributed by atoms with Gasteiger partial charge in [0.25, 0.3) is 0 Å². The number of ether oxygens (including phenoxy) is 1. The van der Waals surface area contributed by atoms with Crippen molar-refractivity contribution in [3.05, 3.63) is 84.7 Å². The van der Waals surface area contributed by atoms with Crippen LogP contribution in [-0.4, -0.2) is 44.0 Å². The van der Waals surface area contributed by atoms with Gasteiger partial charge in [0.1, 0.15) is 5.75 Å². The van der Waals surface area contributed by atoms with Gasteiger partial charge < -0.3 is 10.1 Å². The molecular weight excluding hydrogens is 464 g/mol. The van der Waals surface area contributed by atoms with Gasteiger partial charge in [-0.15, -0.1) is 10.2 Å². The van der Waals surface area contributed by atoms with Crippen LogP contribution >= 0.6 is 11.8 Å². The summed E-state index contributed by atoms with van der Waals surface area (Å²) >= 11 is 1.21. The summed E-state index contributed by atoms with van der Waals surface area (Å²) in [7, 11) is 1.60. The van der Waals surface area contributed by atoms with Crippen LogP contribution in [0.2, 0.25) is 0 Å². The van der Waals surface area contributed by atoms with Crippen molar-refractivity contribution in [2.24, 2.45) is 0 Å². The smallest absolute Gasteiger partial charge is 0.321 e. The summed E-state index contributed by atoms with van der Waals surface area (Å²) in [4.78, 5) is 29.0. The van der Waals surface area contributed by atoms with Crippen LogP contribution in [0.25, 0.3) is 17.1 Å². The molecule has 4 rings (SSSR count). The number of thioether (sulfide) groups is 1. The second-order valence-corrected chi connectivity index (χ2v) is 8.80. The zero-order chi connectivity index (χ0) is 24.6. The Morgan fingerprint density at radius 1 is 1.00 bits per heavy atom. The minimum atomic E-state index is -0.607. The molecular formula is C25H24N6O3S. The Bertz CT molecular complexity index is 1280. The molecule has 2 aromatic carbocycles. The van der Waals surface area contributed by atoms with Gasteiger partial charge in [-0.2, -0.15) is 0 Å². The van der Waals surface area contributed by atoms with Crippen molar-refractivity contribution in [1.82, 2.24) is 30.4 Å². The van der Waals surface area contributed by atoms with E-state index < -0.39 is 17.2 Å². The molecule has 9 nitrogen and oxygen atoms in total. The third kappa shape index (κ3) is 6.04. The zero-order valence-corrected chi connectivity index (χ0v) is 20.0. The molecule has 1 atom stereocenters. The third-order valence-corrected chi connectivity index (χ3v) is 6.13. The summed E-state index contributed by atoms with van der Waals surface area (Å²) in [6.07, 6.45) is 3.36. The van der Waals surface area contributed by atoms with E-state index in [-0.39, 0.29) is 0 Å². The minimum Gasteiger partial charge on any atom is -0.497 e. The summed E-state index contributed by atoms with van der Waals surface area (Å²) in [6, 6.07) is 20.0. The van der Waals surface area contributed by atoms with E-state index in [1.54, 1.807) is 26.4 Å². The third-order valence-electron chi connectivity index (χ3n) is 5.09. The number of hydrogen-bond acceptors (Lipinski definition) is 7. The number of amides is 3. The highest BCUT2D eigenvalue weighted by Crippen LogP contribution is 2.30. The number of imide groups is 1. The lowest BCUT2D eigenvalue weighted by Crippen LogP contribution is -2.42. The molecule has 0 aliphatic carbocycles. The maximum atomic E-state index is 12.7. The van der Waals surface area contributed by atoms with E-state index in [0.29, 0.717) is 17.5 Å². The lowest BCUT2D eigenvalue weighted by molar-refractivity contribution is -0.119. The van der Waals surface area contributed by atoms with Crippen LogP contribution in [0.5, 0.6) is 5.75 Å².